The van der Waals surface area contributed by atoms with Gasteiger partial charge in [-0.05, 0) is 13.3 Å². The highest BCUT2D eigenvalue weighted by Gasteiger charge is 2.24. The van der Waals surface area contributed by atoms with Crippen LogP contribution in [0.5, 0.6) is 0 Å². The zero-order valence-corrected chi connectivity index (χ0v) is 6.02. The van der Waals surface area contributed by atoms with E-state index in [2.05, 4.69) is 11.8 Å². The number of hydrogen-bond donors (Lipinski definition) is 0. The van der Waals surface area contributed by atoms with E-state index in [1.54, 1.807) is 6.92 Å². The minimum atomic E-state index is -0.0808. The van der Waals surface area contributed by atoms with Crippen molar-refractivity contribution in [2.24, 2.45) is 5.92 Å². The van der Waals surface area contributed by atoms with E-state index in [0.29, 0.717) is 13.0 Å². The first-order chi connectivity index (χ1) is 4.84. The number of carbonyl (C=O) groups is 1. The van der Waals surface area contributed by atoms with E-state index in [1.807, 2.05) is 0 Å². The maximum atomic E-state index is 10.8. The van der Waals surface area contributed by atoms with Crippen LogP contribution in [0.3, 0.4) is 0 Å². The molecular formula is C8H10O2. The van der Waals surface area contributed by atoms with E-state index in [1.165, 1.54) is 0 Å². The molecule has 0 spiro atoms. The maximum Gasteiger partial charge on any atom is 0.310 e. The summed E-state index contributed by atoms with van der Waals surface area (Å²) in [5, 5.41) is 0. The molecule has 1 aliphatic heterocycles. The van der Waals surface area contributed by atoms with Crippen LogP contribution in [0.1, 0.15) is 19.8 Å². The van der Waals surface area contributed by atoms with E-state index < -0.39 is 0 Å². The van der Waals surface area contributed by atoms with Crippen molar-refractivity contribution >= 4 is 5.97 Å². The molecule has 54 valence electrons. The molecule has 2 nitrogen and oxygen atoms in total. The lowest BCUT2D eigenvalue weighted by molar-refractivity contribution is -0.141. The van der Waals surface area contributed by atoms with Gasteiger partial charge in [0.1, 0.15) is 0 Å². The van der Waals surface area contributed by atoms with E-state index in [4.69, 9.17) is 4.74 Å². The Morgan fingerprint density at radius 1 is 1.80 bits per heavy atom. The molecule has 1 atom stereocenters. The molecule has 0 radical (unpaired) electrons. The molecule has 0 amide bonds. The second-order valence-corrected chi connectivity index (χ2v) is 2.28. The standard InChI is InChI=1S/C8H10O2/c1-2-3-4-7-5-6-10-8(7)9/h7H,4-6H2,1H3. The largest absolute Gasteiger partial charge is 0.465 e. The van der Waals surface area contributed by atoms with Gasteiger partial charge in [-0.3, -0.25) is 4.79 Å². The highest BCUT2D eigenvalue weighted by Crippen LogP contribution is 2.16. The van der Waals surface area contributed by atoms with Crippen LogP contribution in [-0.4, -0.2) is 12.6 Å². The Balaban J connectivity index is 2.38. The van der Waals surface area contributed by atoms with Crippen LogP contribution in [0.15, 0.2) is 0 Å². The average Bonchev–Trinajstić information content (AvgIpc) is 2.31. The Morgan fingerprint density at radius 2 is 2.60 bits per heavy atom. The van der Waals surface area contributed by atoms with Gasteiger partial charge >= 0.3 is 5.97 Å². The van der Waals surface area contributed by atoms with Gasteiger partial charge in [-0.15, -0.1) is 11.8 Å². The fourth-order valence-electron chi connectivity index (χ4n) is 0.948. The third-order valence-electron chi connectivity index (χ3n) is 1.57. The molecule has 1 heterocycles. The molecule has 2 heteroatoms. The van der Waals surface area contributed by atoms with E-state index >= 15 is 0 Å². The normalized spacial score (nSPS) is 23.3. The van der Waals surface area contributed by atoms with Gasteiger partial charge in [-0.2, -0.15) is 0 Å². The quantitative estimate of drug-likeness (QED) is 0.398. The van der Waals surface area contributed by atoms with Gasteiger partial charge in [0.15, 0.2) is 0 Å². The zero-order chi connectivity index (χ0) is 7.40. The Morgan fingerprint density at radius 3 is 3.10 bits per heavy atom. The van der Waals surface area contributed by atoms with Gasteiger partial charge in [0.25, 0.3) is 0 Å². The minimum absolute atomic E-state index is 0.0486. The summed E-state index contributed by atoms with van der Waals surface area (Å²) in [7, 11) is 0. The lowest BCUT2D eigenvalue weighted by atomic mass is 10.1. The van der Waals surface area contributed by atoms with Crippen molar-refractivity contribution in [3.05, 3.63) is 0 Å². The molecule has 0 aromatic rings. The van der Waals surface area contributed by atoms with Crippen molar-refractivity contribution in [2.45, 2.75) is 19.8 Å². The molecule has 1 fully saturated rings. The molecule has 0 bridgehead atoms. The van der Waals surface area contributed by atoms with Crippen LogP contribution < -0.4 is 0 Å². The first-order valence-electron chi connectivity index (χ1n) is 3.41. The van der Waals surface area contributed by atoms with Gasteiger partial charge in [0.2, 0.25) is 0 Å². The predicted octanol–water partition coefficient (Wildman–Crippen LogP) is 0.963. The topological polar surface area (TPSA) is 26.3 Å². The summed E-state index contributed by atoms with van der Waals surface area (Å²) in [4.78, 5) is 10.8. The molecular weight excluding hydrogens is 128 g/mol. The van der Waals surface area contributed by atoms with Crippen LogP contribution in [0, 0.1) is 17.8 Å². The molecule has 0 aliphatic carbocycles. The molecule has 1 aliphatic rings. The highest BCUT2D eigenvalue weighted by atomic mass is 16.5. The fraction of sp³-hybridized carbons (Fsp3) is 0.625. The maximum absolute atomic E-state index is 10.8. The van der Waals surface area contributed by atoms with Gasteiger partial charge in [-0.1, -0.05) is 0 Å². The fourth-order valence-corrected chi connectivity index (χ4v) is 0.948. The van der Waals surface area contributed by atoms with E-state index in [0.717, 1.165) is 6.42 Å². The molecule has 0 saturated carbocycles. The Labute approximate surface area is 60.6 Å². The van der Waals surface area contributed by atoms with Crippen LogP contribution in [0.25, 0.3) is 0 Å². The Bertz CT molecular complexity index is 185. The van der Waals surface area contributed by atoms with Crippen LogP contribution in [-0.2, 0) is 9.53 Å². The molecule has 1 saturated heterocycles. The first kappa shape index (κ1) is 7.14. The third kappa shape index (κ3) is 1.51. The molecule has 10 heavy (non-hydrogen) atoms. The number of rotatable bonds is 1. The molecule has 0 N–H and O–H groups in total. The predicted molar refractivity (Wildman–Crippen MR) is 37.1 cm³/mol. The number of ether oxygens (including phenoxy) is 1. The summed E-state index contributed by atoms with van der Waals surface area (Å²) in [6.07, 6.45) is 1.50. The van der Waals surface area contributed by atoms with Gasteiger partial charge < -0.3 is 4.74 Å². The lowest BCUT2D eigenvalue weighted by Crippen LogP contribution is -2.05. The summed E-state index contributed by atoms with van der Waals surface area (Å²) in [5.74, 6) is 5.59. The van der Waals surface area contributed by atoms with Gasteiger partial charge in [0.05, 0.1) is 12.5 Å². The number of carbonyl (C=O) groups excluding carboxylic acids is 1. The molecule has 1 unspecified atom stereocenters. The lowest BCUT2D eigenvalue weighted by Gasteiger charge is -1.95. The van der Waals surface area contributed by atoms with Gasteiger partial charge in [-0.25, -0.2) is 0 Å². The smallest absolute Gasteiger partial charge is 0.310 e. The SMILES string of the molecule is CC#CCC1CCOC1=O. The summed E-state index contributed by atoms with van der Waals surface area (Å²) in [6, 6.07) is 0. The van der Waals surface area contributed by atoms with Gasteiger partial charge in [0, 0.05) is 6.42 Å². The zero-order valence-electron chi connectivity index (χ0n) is 6.02. The minimum Gasteiger partial charge on any atom is -0.465 e. The van der Waals surface area contributed by atoms with Crippen molar-refractivity contribution in [3.63, 3.8) is 0 Å². The van der Waals surface area contributed by atoms with Crippen LogP contribution >= 0.6 is 0 Å². The van der Waals surface area contributed by atoms with Crippen molar-refractivity contribution in [1.29, 1.82) is 0 Å². The Kier molecular flexibility index (Phi) is 2.33. The number of hydrogen-bond acceptors (Lipinski definition) is 2. The molecule has 1 rings (SSSR count). The number of cyclic esters (lactones) is 1. The summed E-state index contributed by atoms with van der Waals surface area (Å²) >= 11 is 0. The monoisotopic (exact) mass is 138 g/mol. The highest BCUT2D eigenvalue weighted by molar-refractivity contribution is 5.74. The second kappa shape index (κ2) is 3.26. The first-order valence-corrected chi connectivity index (χ1v) is 3.41. The summed E-state index contributed by atoms with van der Waals surface area (Å²) < 4.78 is 4.76. The van der Waals surface area contributed by atoms with Crippen molar-refractivity contribution in [3.8, 4) is 11.8 Å². The van der Waals surface area contributed by atoms with Crippen molar-refractivity contribution in [1.82, 2.24) is 0 Å². The average molecular weight is 138 g/mol. The molecule has 0 aromatic heterocycles. The van der Waals surface area contributed by atoms with E-state index in [-0.39, 0.29) is 11.9 Å². The van der Waals surface area contributed by atoms with Crippen LogP contribution in [0.2, 0.25) is 0 Å². The van der Waals surface area contributed by atoms with Crippen molar-refractivity contribution < 1.29 is 9.53 Å². The Hall–Kier alpha value is -0.970. The van der Waals surface area contributed by atoms with Crippen LogP contribution in [0.4, 0.5) is 0 Å². The second-order valence-electron chi connectivity index (χ2n) is 2.28. The summed E-state index contributed by atoms with van der Waals surface area (Å²) in [5.41, 5.74) is 0. The van der Waals surface area contributed by atoms with Crippen molar-refractivity contribution in [2.75, 3.05) is 6.61 Å². The third-order valence-corrected chi connectivity index (χ3v) is 1.57. The molecule has 0 aromatic carbocycles. The summed E-state index contributed by atoms with van der Waals surface area (Å²) in [6.45, 7) is 2.36. The number of esters is 1. The van der Waals surface area contributed by atoms with E-state index in [9.17, 15) is 4.79 Å².